The maximum absolute atomic E-state index is 10.9. The van der Waals surface area contributed by atoms with E-state index in [0.29, 0.717) is 5.23 Å². The molecule has 1 saturated heterocycles. The van der Waals surface area contributed by atoms with Crippen LogP contribution >= 0.6 is 0 Å². The minimum absolute atomic E-state index is 0.325. The van der Waals surface area contributed by atoms with Crippen molar-refractivity contribution in [3.8, 4) is 6.07 Å². The Morgan fingerprint density at radius 1 is 1.60 bits per heavy atom. The van der Waals surface area contributed by atoms with Gasteiger partial charge in [-0.05, 0) is 5.23 Å². The van der Waals surface area contributed by atoms with Crippen molar-refractivity contribution < 1.29 is 29.5 Å². The van der Waals surface area contributed by atoms with E-state index >= 15 is 0 Å². The maximum atomic E-state index is 10.9. The van der Waals surface area contributed by atoms with Crippen molar-refractivity contribution >= 4 is 11.9 Å². The van der Waals surface area contributed by atoms with Crippen LogP contribution in [0.15, 0.2) is 0 Å². The number of carbonyl (C=O) groups is 2. The van der Waals surface area contributed by atoms with Crippen LogP contribution in [0.5, 0.6) is 0 Å². The van der Waals surface area contributed by atoms with E-state index in [4.69, 9.17) is 15.5 Å². The van der Waals surface area contributed by atoms with E-state index in [0.717, 1.165) is 7.11 Å². The van der Waals surface area contributed by atoms with Crippen LogP contribution in [-0.2, 0) is 19.3 Å². The summed E-state index contributed by atoms with van der Waals surface area (Å²) in [6.07, 6.45) is -1.65. The molecule has 1 rings (SSSR count). The Kier molecular flexibility index (Phi) is 2.90. The first-order valence-electron chi connectivity index (χ1n) is 3.86. The van der Waals surface area contributed by atoms with Gasteiger partial charge < -0.3 is 10.2 Å². The van der Waals surface area contributed by atoms with Crippen LogP contribution in [0, 0.1) is 11.3 Å². The molecule has 1 heterocycles. The molecule has 1 aliphatic rings. The van der Waals surface area contributed by atoms with Crippen LogP contribution in [0.3, 0.4) is 0 Å². The lowest BCUT2D eigenvalue weighted by Gasteiger charge is -2.24. The fourth-order valence-corrected chi connectivity index (χ4v) is 1.28. The summed E-state index contributed by atoms with van der Waals surface area (Å²) in [4.78, 5) is 31.0. The first-order valence-corrected chi connectivity index (χ1v) is 3.86. The fourth-order valence-electron chi connectivity index (χ4n) is 1.28. The summed E-state index contributed by atoms with van der Waals surface area (Å²) in [6.45, 7) is 0. The van der Waals surface area contributed by atoms with Gasteiger partial charge in [0, 0.05) is 6.42 Å². The second-order valence-corrected chi connectivity index (χ2v) is 2.84. The third-order valence-electron chi connectivity index (χ3n) is 2.03. The van der Waals surface area contributed by atoms with Gasteiger partial charge in [-0.15, -0.1) is 0 Å². The van der Waals surface area contributed by atoms with Gasteiger partial charge in [-0.1, -0.05) is 0 Å². The van der Waals surface area contributed by atoms with Crippen molar-refractivity contribution in [3.05, 3.63) is 0 Å². The van der Waals surface area contributed by atoms with Crippen LogP contribution < -0.4 is 0 Å². The Balaban J connectivity index is 3.12. The lowest BCUT2D eigenvalue weighted by molar-refractivity contribution is -0.364. The molecule has 0 aromatic rings. The summed E-state index contributed by atoms with van der Waals surface area (Å²) in [5, 5.41) is 26.6. The average Bonchev–Trinajstić information content (AvgIpc) is 2.57. The van der Waals surface area contributed by atoms with E-state index in [1.54, 1.807) is 6.07 Å². The highest BCUT2D eigenvalue weighted by molar-refractivity contribution is 6.03. The minimum Gasteiger partial charge on any atom is -0.479 e. The van der Waals surface area contributed by atoms with Gasteiger partial charge in [-0.2, -0.15) is 5.26 Å². The Labute approximate surface area is 84.1 Å². The number of hydrogen-bond donors (Lipinski definition) is 2. The van der Waals surface area contributed by atoms with Crippen LogP contribution in [0.4, 0.5) is 0 Å². The summed E-state index contributed by atoms with van der Waals surface area (Å²) >= 11 is 0. The molecule has 0 aromatic heterocycles. The van der Waals surface area contributed by atoms with Gasteiger partial charge in [-0.3, -0.25) is 9.68 Å². The van der Waals surface area contributed by atoms with Crippen molar-refractivity contribution in [1.29, 1.82) is 5.26 Å². The van der Waals surface area contributed by atoms with Gasteiger partial charge >= 0.3 is 11.9 Å². The predicted molar refractivity (Wildman–Crippen MR) is 42.0 cm³/mol. The van der Waals surface area contributed by atoms with Crippen LogP contribution in [-0.4, -0.2) is 46.1 Å². The number of hydrogen-bond acceptors (Lipinski definition) is 6. The molecule has 1 unspecified atom stereocenters. The molecule has 0 saturated carbocycles. The maximum Gasteiger partial charge on any atom is 0.341 e. The van der Waals surface area contributed by atoms with Crippen molar-refractivity contribution in [2.75, 3.05) is 7.11 Å². The van der Waals surface area contributed by atoms with Gasteiger partial charge in [0.1, 0.15) is 0 Å². The standard InChI is InChI=1S/C7H8N2O6/c1-14-9-7(5(10)11,6(12)13)2-4(3-8)15-9/h4H,2H2,1H3,(H,10,11)(H,12,13). The van der Waals surface area contributed by atoms with Gasteiger partial charge in [0.05, 0.1) is 13.2 Å². The van der Waals surface area contributed by atoms with E-state index in [-0.39, 0.29) is 0 Å². The molecule has 8 heteroatoms. The molecule has 1 atom stereocenters. The smallest absolute Gasteiger partial charge is 0.341 e. The highest BCUT2D eigenvalue weighted by Crippen LogP contribution is 2.32. The molecule has 0 amide bonds. The molecule has 0 aromatic carbocycles. The lowest BCUT2D eigenvalue weighted by Crippen LogP contribution is -2.55. The zero-order chi connectivity index (χ0) is 11.6. The molecule has 0 spiro atoms. The predicted octanol–water partition coefficient (Wildman–Crippen LogP) is -1.01. The Morgan fingerprint density at radius 3 is 2.40 bits per heavy atom. The number of rotatable bonds is 3. The Hall–Kier alpha value is -1.69. The Morgan fingerprint density at radius 2 is 2.13 bits per heavy atom. The van der Waals surface area contributed by atoms with Crippen molar-refractivity contribution in [2.45, 2.75) is 18.1 Å². The number of nitriles is 1. The normalized spacial score (nSPS) is 24.7. The lowest BCUT2D eigenvalue weighted by atomic mass is 9.95. The van der Waals surface area contributed by atoms with E-state index in [1.165, 1.54) is 0 Å². The monoisotopic (exact) mass is 216 g/mol. The van der Waals surface area contributed by atoms with Gasteiger partial charge in [0.2, 0.25) is 0 Å². The molecular weight excluding hydrogens is 208 g/mol. The zero-order valence-electron chi connectivity index (χ0n) is 7.71. The molecule has 82 valence electrons. The van der Waals surface area contributed by atoms with Gasteiger partial charge in [-0.25, -0.2) is 9.59 Å². The highest BCUT2D eigenvalue weighted by atomic mass is 17.0. The van der Waals surface area contributed by atoms with E-state index in [9.17, 15) is 9.59 Å². The summed E-state index contributed by atoms with van der Waals surface area (Å²) < 4.78 is 0. The number of carboxylic acids is 2. The van der Waals surface area contributed by atoms with E-state index in [1.807, 2.05) is 0 Å². The average molecular weight is 216 g/mol. The number of hydroxylamine groups is 2. The number of nitrogens with zero attached hydrogens (tertiary/aromatic N) is 2. The number of aliphatic carboxylic acids is 2. The summed E-state index contributed by atoms with van der Waals surface area (Å²) in [7, 11) is 1.06. The Bertz CT molecular complexity index is 321. The molecule has 2 N–H and O–H groups in total. The van der Waals surface area contributed by atoms with Crippen molar-refractivity contribution in [1.82, 2.24) is 5.23 Å². The van der Waals surface area contributed by atoms with E-state index < -0.39 is 30.0 Å². The molecule has 1 aliphatic heterocycles. The van der Waals surface area contributed by atoms with Crippen molar-refractivity contribution in [2.24, 2.45) is 0 Å². The minimum atomic E-state index is -2.37. The van der Waals surface area contributed by atoms with E-state index in [2.05, 4.69) is 9.68 Å². The molecule has 15 heavy (non-hydrogen) atoms. The topological polar surface area (TPSA) is 120 Å². The van der Waals surface area contributed by atoms with Crippen LogP contribution in [0.25, 0.3) is 0 Å². The molecular formula is C7H8N2O6. The SMILES string of the molecule is CON1OC(C#N)CC1(C(=O)O)C(=O)O. The van der Waals surface area contributed by atoms with Gasteiger partial charge in [0.15, 0.2) is 6.10 Å². The quantitative estimate of drug-likeness (QED) is 0.575. The molecule has 8 nitrogen and oxygen atoms in total. The van der Waals surface area contributed by atoms with Gasteiger partial charge in [0.25, 0.3) is 5.54 Å². The number of carboxylic acid groups (broad SMARTS) is 2. The first-order chi connectivity index (χ1) is 6.98. The molecule has 0 bridgehead atoms. The van der Waals surface area contributed by atoms with Crippen LogP contribution in [0.2, 0.25) is 0 Å². The zero-order valence-corrected chi connectivity index (χ0v) is 7.71. The fraction of sp³-hybridized carbons (Fsp3) is 0.571. The third kappa shape index (κ3) is 1.52. The first kappa shape index (κ1) is 11.4. The molecule has 0 radical (unpaired) electrons. The van der Waals surface area contributed by atoms with Crippen LogP contribution in [0.1, 0.15) is 6.42 Å². The summed E-state index contributed by atoms with van der Waals surface area (Å²) in [6, 6.07) is 1.62. The molecule has 1 fully saturated rings. The molecule has 0 aliphatic carbocycles. The largest absolute Gasteiger partial charge is 0.479 e. The highest BCUT2D eigenvalue weighted by Gasteiger charge is 2.61. The summed E-state index contributed by atoms with van der Waals surface area (Å²) in [5.74, 6) is -3.29. The summed E-state index contributed by atoms with van der Waals surface area (Å²) in [5.41, 5.74) is -2.37. The second kappa shape index (κ2) is 3.82. The van der Waals surface area contributed by atoms with Crippen molar-refractivity contribution in [3.63, 3.8) is 0 Å². The third-order valence-corrected chi connectivity index (χ3v) is 2.03. The second-order valence-electron chi connectivity index (χ2n) is 2.84.